The first-order valence-corrected chi connectivity index (χ1v) is 16.4. The largest absolute Gasteiger partial charge is 0.494 e. The Balaban J connectivity index is 1.53. The smallest absolute Gasteiger partial charge is 0.260 e. The van der Waals surface area contributed by atoms with Gasteiger partial charge in [0.2, 0.25) is 11.8 Å². The maximum Gasteiger partial charge on any atom is 0.260 e. The van der Waals surface area contributed by atoms with Gasteiger partial charge in [-0.2, -0.15) is 0 Å². The molecule has 9 heteroatoms. The Kier molecular flexibility index (Phi) is 18.6. The van der Waals surface area contributed by atoms with E-state index in [1.807, 2.05) is 30.3 Å². The van der Waals surface area contributed by atoms with Crippen LogP contribution in [0.1, 0.15) is 96.5 Å². The van der Waals surface area contributed by atoms with Crippen molar-refractivity contribution in [3.8, 4) is 5.75 Å². The molecule has 0 aliphatic rings. The van der Waals surface area contributed by atoms with Crippen molar-refractivity contribution in [1.29, 1.82) is 0 Å². The third-order valence-electron chi connectivity index (χ3n) is 7.10. The molecule has 0 bridgehead atoms. The van der Waals surface area contributed by atoms with Crippen LogP contribution in [0.25, 0.3) is 0 Å². The molecule has 2 rings (SSSR count). The van der Waals surface area contributed by atoms with Gasteiger partial charge < -0.3 is 15.4 Å². The van der Waals surface area contributed by atoms with Crippen molar-refractivity contribution in [3.63, 3.8) is 0 Å². The van der Waals surface area contributed by atoms with Gasteiger partial charge in [-0.25, -0.2) is 0 Å². The van der Waals surface area contributed by atoms with E-state index in [2.05, 4.69) is 23.0 Å². The summed E-state index contributed by atoms with van der Waals surface area (Å²) in [5.74, 6) is 0.232. The molecule has 0 saturated carbocycles. The van der Waals surface area contributed by atoms with Crippen LogP contribution in [0, 0.1) is 0 Å². The van der Waals surface area contributed by atoms with Crippen LogP contribution >= 0.6 is 11.6 Å². The number of benzene rings is 2. The molecule has 0 spiro atoms. The minimum absolute atomic E-state index is 0.0275. The van der Waals surface area contributed by atoms with E-state index in [0.717, 1.165) is 24.2 Å². The molecular formula is C34H51ClN4O4. The van der Waals surface area contributed by atoms with Crippen LogP contribution in [0.4, 0.5) is 5.69 Å². The zero-order valence-corrected chi connectivity index (χ0v) is 26.9. The Morgan fingerprint density at radius 2 is 1.49 bits per heavy atom. The summed E-state index contributed by atoms with van der Waals surface area (Å²) < 4.78 is 5.77. The van der Waals surface area contributed by atoms with Gasteiger partial charge in [-0.15, -0.1) is 0 Å². The molecule has 0 radical (unpaired) electrons. The first kappa shape index (κ1) is 35.9. The number of likely N-dealkylation sites (N-methyl/N-ethyl adjacent to an activating group) is 1. The number of hydrazine groups is 1. The van der Waals surface area contributed by atoms with Crippen molar-refractivity contribution in [2.45, 2.75) is 97.3 Å². The first-order chi connectivity index (χ1) is 20.9. The number of carbonyl (C=O) groups excluding carboxylic acids is 3. The fourth-order valence-corrected chi connectivity index (χ4v) is 4.85. The zero-order chi connectivity index (χ0) is 31.1. The fourth-order valence-electron chi connectivity index (χ4n) is 4.63. The number of nitrogens with one attached hydrogen (secondary N) is 3. The van der Waals surface area contributed by atoms with Gasteiger partial charge in [-0.1, -0.05) is 88.4 Å². The van der Waals surface area contributed by atoms with Gasteiger partial charge in [0, 0.05) is 30.2 Å². The summed E-state index contributed by atoms with van der Waals surface area (Å²) in [5, 5.41) is 7.95. The molecule has 3 N–H and O–H groups in total. The highest BCUT2D eigenvalue weighted by atomic mass is 35.5. The van der Waals surface area contributed by atoms with E-state index in [1.54, 1.807) is 25.1 Å². The van der Waals surface area contributed by atoms with E-state index in [-0.39, 0.29) is 30.7 Å². The van der Waals surface area contributed by atoms with Crippen molar-refractivity contribution in [3.05, 3.63) is 59.1 Å². The van der Waals surface area contributed by atoms with Crippen molar-refractivity contribution >= 4 is 35.0 Å². The maximum atomic E-state index is 12.6. The Morgan fingerprint density at radius 3 is 2.14 bits per heavy atom. The summed E-state index contributed by atoms with van der Waals surface area (Å²) in [6.45, 7) is 5.62. The van der Waals surface area contributed by atoms with E-state index in [0.29, 0.717) is 36.8 Å². The van der Waals surface area contributed by atoms with Crippen molar-refractivity contribution < 1.29 is 19.1 Å². The molecule has 0 aromatic heterocycles. The quantitative estimate of drug-likeness (QED) is 0.0973. The van der Waals surface area contributed by atoms with Gasteiger partial charge in [-0.05, 0) is 61.7 Å². The van der Waals surface area contributed by atoms with Crippen LogP contribution in [-0.4, -0.2) is 49.0 Å². The highest BCUT2D eigenvalue weighted by Gasteiger charge is 2.15. The average molecular weight is 615 g/mol. The van der Waals surface area contributed by atoms with Crippen LogP contribution in [0.2, 0.25) is 5.02 Å². The molecule has 0 atom stereocenters. The van der Waals surface area contributed by atoms with Crippen molar-refractivity contribution in [1.82, 2.24) is 15.8 Å². The Morgan fingerprint density at radius 1 is 0.814 bits per heavy atom. The summed E-state index contributed by atoms with van der Waals surface area (Å²) in [4.78, 5) is 37.1. The van der Waals surface area contributed by atoms with Crippen LogP contribution < -0.4 is 20.8 Å². The third kappa shape index (κ3) is 16.8. The van der Waals surface area contributed by atoms with Crippen LogP contribution in [0.3, 0.4) is 0 Å². The van der Waals surface area contributed by atoms with Crippen LogP contribution in [0.15, 0.2) is 48.5 Å². The third-order valence-corrected chi connectivity index (χ3v) is 7.33. The lowest BCUT2D eigenvalue weighted by Crippen LogP contribution is -2.48. The standard InChI is InChI=1S/C34H51ClN4O4/c1-3-5-6-7-8-9-10-11-12-13-23-36-32(40)18-15-24-43-31-21-19-30(20-22-31)37-27-34(42)39(4-2)38-33(41)26-28-16-14-17-29(35)25-28/h14,16-17,19-22,25,37H,3-13,15,18,23-24,26-27H2,1-2H3,(H,36,40)(H,38,41). The molecule has 0 unspecified atom stereocenters. The Hall–Kier alpha value is -3.26. The van der Waals surface area contributed by atoms with E-state index >= 15 is 0 Å². The van der Waals surface area contributed by atoms with E-state index in [1.165, 1.54) is 62.8 Å². The lowest BCUT2D eigenvalue weighted by Gasteiger charge is -2.22. The Bertz CT molecular complexity index is 1080. The SMILES string of the molecule is CCCCCCCCCCCCNC(=O)CCCOc1ccc(NCC(=O)N(CC)NC(=O)Cc2cccc(Cl)c2)cc1. The molecule has 0 heterocycles. The van der Waals surface area contributed by atoms with Crippen molar-refractivity contribution in [2.75, 3.05) is 31.6 Å². The second kappa shape index (κ2) is 22.3. The molecule has 0 saturated heterocycles. The molecule has 2 aromatic carbocycles. The summed E-state index contributed by atoms with van der Waals surface area (Å²) in [5.41, 5.74) is 4.19. The first-order valence-electron chi connectivity index (χ1n) is 16.0. The molecule has 0 fully saturated rings. The van der Waals surface area contributed by atoms with Crippen LogP contribution in [0.5, 0.6) is 5.75 Å². The van der Waals surface area contributed by atoms with E-state index < -0.39 is 0 Å². The van der Waals surface area contributed by atoms with E-state index in [9.17, 15) is 14.4 Å². The topological polar surface area (TPSA) is 99.8 Å². The highest BCUT2D eigenvalue weighted by molar-refractivity contribution is 6.30. The lowest BCUT2D eigenvalue weighted by molar-refractivity contribution is -0.139. The minimum Gasteiger partial charge on any atom is -0.494 e. The normalized spacial score (nSPS) is 10.7. The van der Waals surface area contributed by atoms with Gasteiger partial charge in [-0.3, -0.25) is 24.8 Å². The number of unbranched alkanes of at least 4 members (excludes halogenated alkanes) is 9. The van der Waals surface area contributed by atoms with Crippen LogP contribution in [-0.2, 0) is 20.8 Å². The Labute approximate surface area is 263 Å². The number of halogens is 1. The molecule has 43 heavy (non-hydrogen) atoms. The molecule has 0 aliphatic carbocycles. The molecule has 2 aromatic rings. The number of hydrogen-bond donors (Lipinski definition) is 3. The maximum absolute atomic E-state index is 12.6. The second-order valence-corrected chi connectivity index (χ2v) is 11.3. The number of anilines is 1. The average Bonchev–Trinajstić information content (AvgIpc) is 3.00. The number of amides is 3. The zero-order valence-electron chi connectivity index (χ0n) is 26.1. The second-order valence-electron chi connectivity index (χ2n) is 10.8. The molecule has 3 amide bonds. The predicted octanol–water partition coefficient (Wildman–Crippen LogP) is 7.07. The predicted molar refractivity (Wildman–Crippen MR) is 175 cm³/mol. The number of rotatable bonds is 22. The molecular weight excluding hydrogens is 564 g/mol. The highest BCUT2D eigenvalue weighted by Crippen LogP contribution is 2.16. The lowest BCUT2D eigenvalue weighted by atomic mass is 10.1. The molecule has 238 valence electrons. The number of hydrogen-bond acceptors (Lipinski definition) is 5. The number of nitrogens with zero attached hydrogens (tertiary/aromatic N) is 1. The van der Waals surface area contributed by atoms with Gasteiger partial charge in [0.05, 0.1) is 19.6 Å². The number of ether oxygens (including phenoxy) is 1. The fraction of sp³-hybridized carbons (Fsp3) is 0.559. The van der Waals surface area contributed by atoms with E-state index in [4.69, 9.17) is 16.3 Å². The van der Waals surface area contributed by atoms with Gasteiger partial charge >= 0.3 is 0 Å². The summed E-state index contributed by atoms with van der Waals surface area (Å²) >= 11 is 5.98. The minimum atomic E-state index is -0.287. The van der Waals surface area contributed by atoms with Gasteiger partial charge in [0.1, 0.15) is 5.75 Å². The molecule has 0 aliphatic heterocycles. The summed E-state index contributed by atoms with van der Waals surface area (Å²) in [6, 6.07) is 14.4. The van der Waals surface area contributed by atoms with Gasteiger partial charge in [0.25, 0.3) is 5.91 Å². The monoisotopic (exact) mass is 614 g/mol. The molecule has 8 nitrogen and oxygen atoms in total. The number of carbonyl (C=O) groups is 3. The summed E-state index contributed by atoms with van der Waals surface area (Å²) in [6.07, 6.45) is 14.1. The van der Waals surface area contributed by atoms with Gasteiger partial charge in [0.15, 0.2) is 0 Å². The summed E-state index contributed by atoms with van der Waals surface area (Å²) in [7, 11) is 0. The van der Waals surface area contributed by atoms with Crippen molar-refractivity contribution in [2.24, 2.45) is 0 Å².